The average Bonchev–Trinajstić information content (AvgIpc) is 2.92. The summed E-state index contributed by atoms with van der Waals surface area (Å²) in [5.41, 5.74) is 2.27. The first-order chi connectivity index (χ1) is 12.0. The van der Waals surface area contributed by atoms with Gasteiger partial charge in [0.2, 0.25) is 0 Å². The molecule has 128 valence electrons. The third kappa shape index (κ3) is 3.46. The molecule has 2 heterocycles. The molecular weight excluding hydrogens is 344 g/mol. The zero-order chi connectivity index (χ0) is 18.0. The van der Waals surface area contributed by atoms with Crippen molar-refractivity contribution in [3.05, 3.63) is 52.8 Å². The SMILES string of the molecule is COc1cc(Cl)c(C)cc1N=Nc1c(CC(=O)O)nc2ccccn12. The van der Waals surface area contributed by atoms with Crippen LogP contribution in [-0.2, 0) is 11.2 Å². The fourth-order valence-electron chi connectivity index (χ4n) is 2.39. The van der Waals surface area contributed by atoms with E-state index in [-0.39, 0.29) is 6.42 Å². The predicted octanol–water partition coefficient (Wildman–Crippen LogP) is 4.35. The number of carboxylic acids is 1. The highest BCUT2D eigenvalue weighted by Crippen LogP contribution is 2.34. The predicted molar refractivity (Wildman–Crippen MR) is 93.4 cm³/mol. The molecule has 0 aliphatic carbocycles. The van der Waals surface area contributed by atoms with Crippen LogP contribution in [0.3, 0.4) is 0 Å². The van der Waals surface area contributed by atoms with E-state index >= 15 is 0 Å². The van der Waals surface area contributed by atoms with Crippen LogP contribution in [0.25, 0.3) is 5.65 Å². The lowest BCUT2D eigenvalue weighted by atomic mass is 10.2. The van der Waals surface area contributed by atoms with Gasteiger partial charge < -0.3 is 9.84 Å². The van der Waals surface area contributed by atoms with Crippen molar-refractivity contribution >= 4 is 34.7 Å². The molecule has 0 fully saturated rings. The topological polar surface area (TPSA) is 88.5 Å². The number of azo groups is 1. The van der Waals surface area contributed by atoms with Crippen LogP contribution < -0.4 is 4.74 Å². The Hall–Kier alpha value is -2.93. The maximum absolute atomic E-state index is 11.1. The molecule has 0 amide bonds. The van der Waals surface area contributed by atoms with Crippen LogP contribution in [-0.4, -0.2) is 27.6 Å². The van der Waals surface area contributed by atoms with Crippen LogP contribution in [0.2, 0.25) is 5.02 Å². The lowest BCUT2D eigenvalue weighted by molar-refractivity contribution is -0.136. The number of nitrogens with zero attached hydrogens (tertiary/aromatic N) is 4. The molecule has 25 heavy (non-hydrogen) atoms. The zero-order valence-electron chi connectivity index (χ0n) is 13.6. The van der Waals surface area contributed by atoms with E-state index in [1.165, 1.54) is 7.11 Å². The minimum Gasteiger partial charge on any atom is -0.494 e. The van der Waals surface area contributed by atoms with Gasteiger partial charge in [0.25, 0.3) is 0 Å². The van der Waals surface area contributed by atoms with Gasteiger partial charge in [-0.05, 0) is 30.7 Å². The summed E-state index contributed by atoms with van der Waals surface area (Å²) in [5.74, 6) is -0.139. The second-order valence-corrected chi connectivity index (χ2v) is 5.76. The number of methoxy groups -OCH3 is 1. The summed E-state index contributed by atoms with van der Waals surface area (Å²) in [6.45, 7) is 1.85. The fraction of sp³-hybridized carbons (Fsp3) is 0.176. The highest BCUT2D eigenvalue weighted by atomic mass is 35.5. The van der Waals surface area contributed by atoms with E-state index in [0.717, 1.165) is 5.56 Å². The Morgan fingerprint density at radius 2 is 2.16 bits per heavy atom. The van der Waals surface area contributed by atoms with Crippen LogP contribution in [0, 0.1) is 6.92 Å². The third-order valence-corrected chi connectivity index (χ3v) is 4.01. The van der Waals surface area contributed by atoms with E-state index in [4.69, 9.17) is 21.4 Å². The maximum Gasteiger partial charge on any atom is 0.309 e. The number of hydrogen-bond acceptors (Lipinski definition) is 5. The molecule has 0 saturated carbocycles. The van der Waals surface area contributed by atoms with E-state index in [9.17, 15) is 4.79 Å². The number of benzene rings is 1. The van der Waals surface area contributed by atoms with E-state index < -0.39 is 5.97 Å². The van der Waals surface area contributed by atoms with Crippen molar-refractivity contribution in [1.82, 2.24) is 9.38 Å². The molecule has 0 saturated heterocycles. The molecule has 0 atom stereocenters. The summed E-state index contributed by atoms with van der Waals surface area (Å²) in [4.78, 5) is 15.4. The Morgan fingerprint density at radius 1 is 1.36 bits per heavy atom. The minimum atomic E-state index is -0.986. The van der Waals surface area contributed by atoms with Crippen LogP contribution in [0.15, 0.2) is 46.8 Å². The first kappa shape index (κ1) is 16.9. The Morgan fingerprint density at radius 3 is 2.88 bits per heavy atom. The molecule has 7 nitrogen and oxygen atoms in total. The third-order valence-electron chi connectivity index (χ3n) is 3.61. The number of carbonyl (C=O) groups is 1. The van der Waals surface area contributed by atoms with Crippen LogP contribution in [0.5, 0.6) is 5.75 Å². The Bertz CT molecular complexity index is 981. The van der Waals surface area contributed by atoms with E-state index in [1.807, 2.05) is 19.1 Å². The number of imidazole rings is 1. The van der Waals surface area contributed by atoms with Gasteiger partial charge in [0.15, 0.2) is 5.82 Å². The van der Waals surface area contributed by atoms with Gasteiger partial charge in [0.1, 0.15) is 17.1 Å². The number of carboxylic acid groups (broad SMARTS) is 1. The fourth-order valence-corrected chi connectivity index (χ4v) is 2.54. The number of aryl methyl sites for hydroxylation is 1. The van der Waals surface area contributed by atoms with Crippen LogP contribution in [0.1, 0.15) is 11.3 Å². The van der Waals surface area contributed by atoms with E-state index in [0.29, 0.717) is 33.6 Å². The molecule has 3 rings (SSSR count). The summed E-state index contributed by atoms with van der Waals surface area (Å²) in [6.07, 6.45) is 1.51. The van der Waals surface area contributed by atoms with Crippen molar-refractivity contribution in [2.24, 2.45) is 10.2 Å². The van der Waals surface area contributed by atoms with Crippen molar-refractivity contribution in [2.45, 2.75) is 13.3 Å². The summed E-state index contributed by atoms with van der Waals surface area (Å²) in [6, 6.07) is 8.82. The Balaban J connectivity index is 2.09. The second kappa shape index (κ2) is 6.90. The molecular formula is C17H15ClN4O3. The maximum atomic E-state index is 11.1. The molecule has 3 aromatic rings. The van der Waals surface area contributed by atoms with Gasteiger partial charge in [-0.3, -0.25) is 9.20 Å². The number of ether oxygens (including phenoxy) is 1. The molecule has 2 aromatic heterocycles. The summed E-state index contributed by atoms with van der Waals surface area (Å²) >= 11 is 6.09. The number of aliphatic carboxylic acids is 1. The number of halogens is 1. The molecule has 8 heteroatoms. The number of rotatable bonds is 5. The van der Waals surface area contributed by atoms with Gasteiger partial charge in [-0.25, -0.2) is 4.98 Å². The van der Waals surface area contributed by atoms with E-state index in [1.54, 1.807) is 28.8 Å². The largest absolute Gasteiger partial charge is 0.494 e. The smallest absolute Gasteiger partial charge is 0.309 e. The van der Waals surface area contributed by atoms with Gasteiger partial charge >= 0.3 is 5.97 Å². The quantitative estimate of drug-likeness (QED) is 0.687. The van der Waals surface area contributed by atoms with Gasteiger partial charge in [-0.15, -0.1) is 10.2 Å². The zero-order valence-corrected chi connectivity index (χ0v) is 14.4. The number of hydrogen-bond donors (Lipinski definition) is 1. The van der Waals surface area contributed by atoms with Crippen molar-refractivity contribution in [1.29, 1.82) is 0 Å². The molecule has 0 aliphatic rings. The van der Waals surface area contributed by atoms with Crippen LogP contribution >= 0.6 is 11.6 Å². The van der Waals surface area contributed by atoms with E-state index in [2.05, 4.69) is 15.2 Å². The summed E-state index contributed by atoms with van der Waals surface area (Å²) < 4.78 is 6.97. The van der Waals surface area contributed by atoms with Gasteiger partial charge in [0, 0.05) is 17.3 Å². The van der Waals surface area contributed by atoms with Gasteiger partial charge in [-0.2, -0.15) is 0 Å². The monoisotopic (exact) mass is 358 g/mol. The molecule has 0 spiro atoms. The van der Waals surface area contributed by atoms with Crippen molar-refractivity contribution in [3.8, 4) is 5.75 Å². The standard InChI is InChI=1S/C17H15ClN4O3/c1-10-7-12(14(25-2)8-11(10)18)20-21-17-13(9-16(23)24)19-15-5-3-4-6-22(15)17/h3-8H,9H2,1-2H3,(H,23,24). The summed E-state index contributed by atoms with van der Waals surface area (Å²) in [5, 5.41) is 18.1. The van der Waals surface area contributed by atoms with Crippen molar-refractivity contribution < 1.29 is 14.6 Å². The minimum absolute atomic E-state index is 0.243. The number of aromatic nitrogens is 2. The highest BCUT2D eigenvalue weighted by Gasteiger charge is 2.15. The molecule has 1 aromatic carbocycles. The van der Waals surface area contributed by atoms with Crippen molar-refractivity contribution in [3.63, 3.8) is 0 Å². The van der Waals surface area contributed by atoms with Crippen LogP contribution in [0.4, 0.5) is 11.5 Å². The Labute approximate surface area is 148 Å². The molecule has 1 N–H and O–H groups in total. The first-order valence-corrected chi connectivity index (χ1v) is 7.81. The molecule has 0 aliphatic heterocycles. The number of fused-ring (bicyclic) bond motifs is 1. The molecule has 0 bridgehead atoms. The van der Waals surface area contributed by atoms with Crippen molar-refractivity contribution in [2.75, 3.05) is 7.11 Å². The molecule has 0 radical (unpaired) electrons. The first-order valence-electron chi connectivity index (χ1n) is 7.43. The van der Waals surface area contributed by atoms with Gasteiger partial charge in [-0.1, -0.05) is 17.7 Å². The lowest BCUT2D eigenvalue weighted by Crippen LogP contribution is -2.00. The second-order valence-electron chi connectivity index (χ2n) is 5.35. The molecule has 0 unspecified atom stereocenters. The normalized spacial score (nSPS) is 11.3. The average molecular weight is 359 g/mol. The highest BCUT2D eigenvalue weighted by molar-refractivity contribution is 6.31. The summed E-state index contributed by atoms with van der Waals surface area (Å²) in [7, 11) is 1.52. The lowest BCUT2D eigenvalue weighted by Gasteiger charge is -2.06. The number of pyridine rings is 1. The van der Waals surface area contributed by atoms with Gasteiger partial charge in [0.05, 0.1) is 19.2 Å². The Kier molecular flexibility index (Phi) is 4.67.